The molecule has 5 heteroatoms. The Morgan fingerprint density at radius 1 is 0.971 bits per heavy atom. The normalized spacial score (nSPS) is 14.9. The van der Waals surface area contributed by atoms with E-state index < -0.39 is 5.97 Å². The van der Waals surface area contributed by atoms with Crippen LogP contribution in [-0.2, 0) is 20.9 Å². The second-order valence-corrected chi connectivity index (χ2v) is 8.84. The number of aromatic nitrogens is 1. The fourth-order valence-electron chi connectivity index (χ4n) is 4.57. The van der Waals surface area contributed by atoms with Gasteiger partial charge >= 0.3 is 5.97 Å². The number of ether oxygens (including phenoxy) is 1. The molecule has 1 aliphatic rings. The first-order chi connectivity index (χ1) is 16.2. The summed E-state index contributed by atoms with van der Waals surface area (Å²) < 4.78 is 7.24. The van der Waals surface area contributed by atoms with Crippen LogP contribution >= 0.6 is 0 Å². The maximum atomic E-state index is 13.6. The molecule has 4 rings (SSSR count). The van der Waals surface area contributed by atoms with Crippen molar-refractivity contribution >= 4 is 18.0 Å². The van der Waals surface area contributed by atoms with Crippen molar-refractivity contribution in [3.05, 3.63) is 105 Å². The summed E-state index contributed by atoms with van der Waals surface area (Å²) in [6, 6.07) is 18.3. The van der Waals surface area contributed by atoms with E-state index in [9.17, 15) is 9.59 Å². The molecule has 0 spiro atoms. The SMILES string of the molecule is COC(=O)C1=C(C)N(Cc2ccc(C)cc2)C(=O)/C1=C\c1cc(C)n(-c2ccccc2C)c1C. The Morgan fingerprint density at radius 3 is 2.29 bits per heavy atom. The monoisotopic (exact) mass is 454 g/mol. The van der Waals surface area contributed by atoms with Crippen molar-refractivity contribution < 1.29 is 14.3 Å². The molecule has 0 fully saturated rings. The van der Waals surface area contributed by atoms with Crippen molar-refractivity contribution in [1.82, 2.24) is 9.47 Å². The number of para-hydroxylation sites is 1. The maximum Gasteiger partial charge on any atom is 0.340 e. The number of carbonyl (C=O) groups is 2. The number of carbonyl (C=O) groups excluding carboxylic acids is 2. The molecule has 0 saturated heterocycles. The number of amides is 1. The maximum absolute atomic E-state index is 13.6. The third kappa shape index (κ3) is 4.10. The lowest BCUT2D eigenvalue weighted by Crippen LogP contribution is -2.24. The second-order valence-electron chi connectivity index (χ2n) is 8.84. The van der Waals surface area contributed by atoms with Gasteiger partial charge in [-0.2, -0.15) is 0 Å². The molecule has 1 aliphatic heterocycles. The van der Waals surface area contributed by atoms with Crippen molar-refractivity contribution in [2.75, 3.05) is 7.11 Å². The van der Waals surface area contributed by atoms with Gasteiger partial charge in [0.15, 0.2) is 0 Å². The van der Waals surface area contributed by atoms with E-state index in [1.807, 2.05) is 63.2 Å². The number of hydrogen-bond donors (Lipinski definition) is 0. The highest BCUT2D eigenvalue weighted by Gasteiger charge is 2.37. The summed E-state index contributed by atoms with van der Waals surface area (Å²) in [4.78, 5) is 27.9. The van der Waals surface area contributed by atoms with E-state index in [-0.39, 0.29) is 5.91 Å². The molecule has 0 radical (unpaired) electrons. The minimum atomic E-state index is -0.504. The Morgan fingerprint density at radius 2 is 1.65 bits per heavy atom. The van der Waals surface area contributed by atoms with Gasteiger partial charge in [-0.15, -0.1) is 0 Å². The fourth-order valence-corrected chi connectivity index (χ4v) is 4.57. The number of aryl methyl sites for hydroxylation is 3. The predicted octanol–water partition coefficient (Wildman–Crippen LogP) is 5.58. The quantitative estimate of drug-likeness (QED) is 0.373. The molecule has 0 bridgehead atoms. The zero-order valence-electron chi connectivity index (χ0n) is 20.6. The first-order valence-corrected chi connectivity index (χ1v) is 11.4. The third-order valence-corrected chi connectivity index (χ3v) is 6.49. The van der Waals surface area contributed by atoms with Gasteiger partial charge < -0.3 is 14.2 Å². The van der Waals surface area contributed by atoms with Gasteiger partial charge in [0.25, 0.3) is 5.91 Å². The number of esters is 1. The van der Waals surface area contributed by atoms with Crippen LogP contribution < -0.4 is 0 Å². The Hall–Kier alpha value is -3.86. The van der Waals surface area contributed by atoms with Crippen LogP contribution in [0.2, 0.25) is 0 Å². The van der Waals surface area contributed by atoms with Crippen molar-refractivity contribution in [2.45, 2.75) is 41.2 Å². The summed E-state index contributed by atoms with van der Waals surface area (Å²) in [5, 5.41) is 0. The van der Waals surface area contributed by atoms with Crippen molar-refractivity contribution in [1.29, 1.82) is 0 Å². The average molecular weight is 455 g/mol. The van der Waals surface area contributed by atoms with Crippen molar-refractivity contribution in [2.24, 2.45) is 0 Å². The fraction of sp³-hybridized carbons (Fsp3) is 0.241. The van der Waals surface area contributed by atoms with Crippen LogP contribution in [0.4, 0.5) is 0 Å². The lowest BCUT2D eigenvalue weighted by Gasteiger charge is -2.18. The molecule has 0 atom stereocenters. The van der Waals surface area contributed by atoms with Crippen LogP contribution in [0.5, 0.6) is 0 Å². The second kappa shape index (κ2) is 9.18. The lowest BCUT2D eigenvalue weighted by atomic mass is 10.0. The van der Waals surface area contributed by atoms with Gasteiger partial charge in [0.1, 0.15) is 0 Å². The highest BCUT2D eigenvalue weighted by atomic mass is 16.5. The summed E-state index contributed by atoms with van der Waals surface area (Å²) in [5.41, 5.74) is 8.67. The summed E-state index contributed by atoms with van der Waals surface area (Å²) in [6.45, 7) is 10.4. The molecular formula is C29H30N2O3. The van der Waals surface area contributed by atoms with E-state index in [1.54, 1.807) is 11.8 Å². The highest BCUT2D eigenvalue weighted by molar-refractivity contribution is 6.16. The molecule has 0 N–H and O–H groups in total. The van der Waals surface area contributed by atoms with Crippen LogP contribution in [0.15, 0.2) is 71.4 Å². The van der Waals surface area contributed by atoms with E-state index in [0.29, 0.717) is 23.4 Å². The van der Waals surface area contributed by atoms with Crippen LogP contribution in [0.1, 0.15) is 40.6 Å². The summed E-state index contributed by atoms with van der Waals surface area (Å²) >= 11 is 0. The Kier molecular flexibility index (Phi) is 6.29. The average Bonchev–Trinajstić information content (AvgIpc) is 3.22. The van der Waals surface area contributed by atoms with Gasteiger partial charge in [-0.05, 0) is 69.5 Å². The standard InChI is InChI=1S/C29H30N2O3/c1-18-11-13-23(14-12-18)17-30-22(5)27(29(33)34-6)25(28(30)32)16-24-15-20(3)31(21(24)4)26-10-8-7-9-19(26)2/h7-16H,17H2,1-6H3/b25-16-. The summed E-state index contributed by atoms with van der Waals surface area (Å²) in [7, 11) is 1.34. The molecular weight excluding hydrogens is 424 g/mol. The minimum absolute atomic E-state index is 0.195. The molecule has 34 heavy (non-hydrogen) atoms. The number of benzene rings is 2. The van der Waals surface area contributed by atoms with Crippen LogP contribution in [-0.4, -0.2) is 28.5 Å². The molecule has 174 valence electrons. The molecule has 1 aromatic heterocycles. The van der Waals surface area contributed by atoms with Gasteiger partial charge in [0.2, 0.25) is 0 Å². The van der Waals surface area contributed by atoms with E-state index in [4.69, 9.17) is 4.74 Å². The Labute approximate surface area is 201 Å². The largest absolute Gasteiger partial charge is 0.465 e. The zero-order valence-corrected chi connectivity index (χ0v) is 20.6. The van der Waals surface area contributed by atoms with Crippen LogP contribution in [0.25, 0.3) is 11.8 Å². The van der Waals surface area contributed by atoms with Gasteiger partial charge in [0, 0.05) is 22.8 Å². The first kappa shape index (κ1) is 23.3. The molecule has 0 aliphatic carbocycles. The van der Waals surface area contributed by atoms with E-state index >= 15 is 0 Å². The van der Waals surface area contributed by atoms with Gasteiger partial charge in [-0.1, -0.05) is 48.0 Å². The van der Waals surface area contributed by atoms with E-state index in [2.05, 4.69) is 29.7 Å². The Balaban J connectivity index is 1.79. The number of methoxy groups -OCH3 is 1. The zero-order chi connectivity index (χ0) is 24.6. The molecule has 3 aromatic rings. The number of allylic oxidation sites excluding steroid dienone is 1. The molecule has 1 amide bonds. The minimum Gasteiger partial charge on any atom is -0.465 e. The number of rotatable bonds is 5. The highest BCUT2D eigenvalue weighted by Crippen LogP contribution is 2.34. The van der Waals surface area contributed by atoms with Gasteiger partial charge in [-0.25, -0.2) is 4.79 Å². The molecule has 5 nitrogen and oxygen atoms in total. The lowest BCUT2D eigenvalue weighted by molar-refractivity contribution is -0.136. The molecule has 2 heterocycles. The smallest absolute Gasteiger partial charge is 0.340 e. The molecule has 2 aromatic carbocycles. The number of hydrogen-bond acceptors (Lipinski definition) is 3. The van der Waals surface area contributed by atoms with Crippen molar-refractivity contribution in [3.63, 3.8) is 0 Å². The topological polar surface area (TPSA) is 51.5 Å². The molecule has 0 unspecified atom stereocenters. The summed E-state index contributed by atoms with van der Waals surface area (Å²) in [6.07, 6.45) is 1.82. The van der Waals surface area contributed by atoms with E-state index in [0.717, 1.165) is 39.3 Å². The number of nitrogens with zero attached hydrogens (tertiary/aromatic N) is 2. The van der Waals surface area contributed by atoms with Crippen LogP contribution in [0, 0.1) is 27.7 Å². The van der Waals surface area contributed by atoms with Crippen LogP contribution in [0.3, 0.4) is 0 Å². The van der Waals surface area contributed by atoms with Gasteiger partial charge in [0.05, 0.1) is 24.8 Å². The summed E-state index contributed by atoms with van der Waals surface area (Å²) in [5.74, 6) is -0.699. The van der Waals surface area contributed by atoms with Gasteiger partial charge in [-0.3, -0.25) is 4.79 Å². The third-order valence-electron chi connectivity index (χ3n) is 6.49. The van der Waals surface area contributed by atoms with Crippen molar-refractivity contribution in [3.8, 4) is 5.69 Å². The predicted molar refractivity (Wildman–Crippen MR) is 134 cm³/mol. The van der Waals surface area contributed by atoms with E-state index in [1.165, 1.54) is 7.11 Å². The first-order valence-electron chi connectivity index (χ1n) is 11.4. The Bertz CT molecular complexity index is 1340. The molecule has 0 saturated carbocycles.